The van der Waals surface area contributed by atoms with E-state index in [4.69, 9.17) is 4.74 Å². The quantitative estimate of drug-likeness (QED) is 0.426. The minimum Gasteiger partial charge on any atom is -0.480 e. The number of rotatable bonds is 6. The molecule has 7 nitrogen and oxygen atoms in total. The number of amides is 1. The molecule has 2 aromatic carbocycles. The van der Waals surface area contributed by atoms with E-state index in [9.17, 15) is 18.0 Å². The minimum atomic E-state index is -4.62. The maximum atomic E-state index is 13.5. The van der Waals surface area contributed by atoms with Gasteiger partial charge in [-0.3, -0.25) is 4.79 Å². The van der Waals surface area contributed by atoms with Crippen LogP contribution in [0, 0.1) is 13.8 Å². The number of nitrogens with one attached hydrogen (secondary N) is 2. The summed E-state index contributed by atoms with van der Waals surface area (Å²) in [5.74, 6) is -0.129. The summed E-state index contributed by atoms with van der Waals surface area (Å²) < 4.78 is 45.6. The van der Waals surface area contributed by atoms with Crippen molar-refractivity contribution < 1.29 is 22.7 Å². The number of likely N-dealkylation sites (tertiary alicyclic amines) is 1. The van der Waals surface area contributed by atoms with Crippen LogP contribution in [-0.4, -0.2) is 48.0 Å². The maximum absolute atomic E-state index is 13.5. The first-order chi connectivity index (χ1) is 17.6. The summed E-state index contributed by atoms with van der Waals surface area (Å²) in [4.78, 5) is 23.7. The lowest BCUT2D eigenvalue weighted by Crippen LogP contribution is -2.29. The summed E-state index contributed by atoms with van der Waals surface area (Å²) in [7, 11) is 3.47. The van der Waals surface area contributed by atoms with Gasteiger partial charge in [0.15, 0.2) is 0 Å². The number of carbonyl (C=O) groups excluding carboxylic acids is 1. The third-order valence-corrected chi connectivity index (χ3v) is 6.69. The topological polar surface area (TPSA) is 79.4 Å². The fourth-order valence-electron chi connectivity index (χ4n) is 4.65. The first-order valence-corrected chi connectivity index (χ1v) is 12.0. The third-order valence-electron chi connectivity index (χ3n) is 6.69. The Balaban J connectivity index is 1.52. The van der Waals surface area contributed by atoms with Gasteiger partial charge in [-0.2, -0.15) is 18.2 Å². The lowest BCUT2D eigenvalue weighted by molar-refractivity contribution is -0.136. The largest absolute Gasteiger partial charge is 0.480 e. The second-order valence-electron chi connectivity index (χ2n) is 9.34. The molecule has 0 atom stereocenters. The van der Waals surface area contributed by atoms with Crippen molar-refractivity contribution in [1.82, 2.24) is 14.9 Å². The van der Waals surface area contributed by atoms with Crippen molar-refractivity contribution in [2.45, 2.75) is 38.8 Å². The molecule has 10 heteroatoms. The fourth-order valence-corrected chi connectivity index (χ4v) is 4.65. The SMILES string of the molecule is COc1nc(Nc2ccc(C3CCN(C)CC3)c(C)c2)ncc1C(=O)Nc1c(C)cccc1C(F)(F)F. The molecular formula is C27H30F3N5O2. The van der Waals surface area contributed by atoms with E-state index >= 15 is 0 Å². The number of nitrogens with zero attached hydrogens (tertiary/aromatic N) is 3. The van der Waals surface area contributed by atoms with Crippen LogP contribution in [0.25, 0.3) is 0 Å². The van der Waals surface area contributed by atoms with Gasteiger partial charge in [-0.1, -0.05) is 18.2 Å². The predicted octanol–water partition coefficient (Wildman–Crippen LogP) is 5.93. The van der Waals surface area contributed by atoms with Crippen LogP contribution in [-0.2, 0) is 6.18 Å². The second kappa shape index (κ2) is 10.8. The van der Waals surface area contributed by atoms with Gasteiger partial charge in [0.1, 0.15) is 5.56 Å². The molecule has 0 bridgehead atoms. The molecule has 1 fully saturated rings. The van der Waals surface area contributed by atoms with Crippen LogP contribution in [0.1, 0.15) is 51.4 Å². The van der Waals surface area contributed by atoms with Crippen LogP contribution in [0.3, 0.4) is 0 Å². The van der Waals surface area contributed by atoms with Crippen LogP contribution in [0.4, 0.5) is 30.5 Å². The molecule has 2 N–H and O–H groups in total. The Bertz CT molecular complexity index is 1290. The molecule has 37 heavy (non-hydrogen) atoms. The van der Waals surface area contributed by atoms with Gasteiger partial charge in [0.05, 0.1) is 18.4 Å². The van der Waals surface area contributed by atoms with Crippen LogP contribution in [0.5, 0.6) is 5.88 Å². The first-order valence-electron chi connectivity index (χ1n) is 12.0. The number of halogens is 3. The van der Waals surface area contributed by atoms with Crippen LogP contribution >= 0.6 is 0 Å². The van der Waals surface area contributed by atoms with Gasteiger partial charge in [-0.05, 0) is 87.6 Å². The van der Waals surface area contributed by atoms with Crippen LogP contribution in [0.15, 0.2) is 42.6 Å². The Labute approximate surface area is 214 Å². The maximum Gasteiger partial charge on any atom is 0.418 e. The van der Waals surface area contributed by atoms with E-state index in [-0.39, 0.29) is 28.6 Å². The number of ether oxygens (including phenoxy) is 1. The molecule has 1 aliphatic rings. The van der Waals surface area contributed by atoms with E-state index in [1.54, 1.807) is 0 Å². The number of aromatic nitrogens is 2. The summed E-state index contributed by atoms with van der Waals surface area (Å²) in [5.41, 5.74) is 2.23. The van der Waals surface area contributed by atoms with Gasteiger partial charge in [0, 0.05) is 11.9 Å². The van der Waals surface area contributed by atoms with E-state index in [0.29, 0.717) is 5.92 Å². The van der Waals surface area contributed by atoms with Gasteiger partial charge >= 0.3 is 6.18 Å². The molecule has 0 saturated carbocycles. The molecule has 1 saturated heterocycles. The van der Waals surface area contributed by atoms with Gasteiger partial charge < -0.3 is 20.3 Å². The summed E-state index contributed by atoms with van der Waals surface area (Å²) >= 11 is 0. The highest BCUT2D eigenvalue weighted by molar-refractivity contribution is 6.06. The number of methoxy groups -OCH3 is 1. The lowest BCUT2D eigenvalue weighted by atomic mass is 9.87. The van der Waals surface area contributed by atoms with Crippen molar-refractivity contribution in [2.24, 2.45) is 0 Å². The average molecular weight is 514 g/mol. The smallest absolute Gasteiger partial charge is 0.418 e. The number of benzene rings is 2. The first kappa shape index (κ1) is 26.4. The number of hydrogen-bond acceptors (Lipinski definition) is 6. The Morgan fingerprint density at radius 2 is 1.84 bits per heavy atom. The Kier molecular flexibility index (Phi) is 7.68. The Morgan fingerprint density at radius 3 is 2.49 bits per heavy atom. The molecule has 1 amide bonds. The normalized spacial score (nSPS) is 14.9. The molecule has 1 aromatic heterocycles. The van der Waals surface area contributed by atoms with Crippen molar-refractivity contribution in [3.05, 3.63) is 70.4 Å². The standard InChI is InChI=1S/C27H30F3N5O2/c1-16-6-5-7-22(27(28,29)30)23(16)33-24(36)21-15-31-26(34-25(21)37-4)32-19-8-9-20(17(2)14-19)18-10-12-35(3)13-11-18/h5-9,14-15,18H,10-13H2,1-4H3,(H,33,36)(H,31,32,34). The zero-order valence-corrected chi connectivity index (χ0v) is 21.2. The van der Waals surface area contributed by atoms with Crippen LogP contribution in [0.2, 0.25) is 0 Å². The van der Waals surface area contributed by atoms with Crippen LogP contribution < -0.4 is 15.4 Å². The van der Waals surface area contributed by atoms with Crippen molar-refractivity contribution in [3.63, 3.8) is 0 Å². The molecule has 1 aliphatic heterocycles. The number of anilines is 3. The molecule has 196 valence electrons. The molecular weight excluding hydrogens is 483 g/mol. The average Bonchev–Trinajstić information content (AvgIpc) is 2.85. The van der Waals surface area contributed by atoms with Gasteiger partial charge in [-0.25, -0.2) is 4.98 Å². The number of hydrogen-bond donors (Lipinski definition) is 2. The Hall–Kier alpha value is -3.66. The third kappa shape index (κ3) is 6.02. The van der Waals surface area contributed by atoms with Gasteiger partial charge in [-0.15, -0.1) is 0 Å². The monoisotopic (exact) mass is 513 g/mol. The Morgan fingerprint density at radius 1 is 1.11 bits per heavy atom. The highest BCUT2D eigenvalue weighted by Gasteiger charge is 2.34. The molecule has 0 radical (unpaired) electrons. The fraction of sp³-hybridized carbons (Fsp3) is 0.370. The van der Waals surface area contributed by atoms with E-state index in [0.717, 1.165) is 37.7 Å². The molecule has 0 aliphatic carbocycles. The summed E-state index contributed by atoms with van der Waals surface area (Å²) in [6.45, 7) is 5.73. The highest BCUT2D eigenvalue weighted by Crippen LogP contribution is 2.37. The van der Waals surface area contributed by atoms with Crippen molar-refractivity contribution >= 4 is 23.2 Å². The number of piperidine rings is 1. The van der Waals surface area contributed by atoms with Crippen molar-refractivity contribution in [3.8, 4) is 5.88 Å². The summed E-state index contributed by atoms with van der Waals surface area (Å²) in [6, 6.07) is 9.82. The van der Waals surface area contributed by atoms with Gasteiger partial charge in [0.25, 0.3) is 5.91 Å². The van der Waals surface area contributed by atoms with Gasteiger partial charge in [0.2, 0.25) is 11.8 Å². The zero-order chi connectivity index (χ0) is 26.7. The van der Waals surface area contributed by atoms with E-state index in [1.807, 2.05) is 12.1 Å². The van der Waals surface area contributed by atoms with E-state index in [2.05, 4.69) is 45.5 Å². The van der Waals surface area contributed by atoms with Crippen molar-refractivity contribution in [2.75, 3.05) is 37.9 Å². The number of para-hydroxylation sites is 1. The zero-order valence-electron chi connectivity index (χ0n) is 21.2. The number of alkyl halides is 3. The molecule has 2 heterocycles. The lowest BCUT2D eigenvalue weighted by Gasteiger charge is -2.30. The molecule has 0 unspecified atom stereocenters. The second-order valence-corrected chi connectivity index (χ2v) is 9.34. The van der Waals surface area contributed by atoms with Crippen molar-refractivity contribution in [1.29, 1.82) is 0 Å². The van der Waals surface area contributed by atoms with E-state index in [1.165, 1.54) is 43.5 Å². The predicted molar refractivity (Wildman–Crippen MR) is 137 cm³/mol. The number of carbonyl (C=O) groups is 1. The molecule has 3 aromatic rings. The summed E-state index contributed by atoms with van der Waals surface area (Å²) in [6.07, 6.45) is -1.14. The minimum absolute atomic E-state index is 0.0585. The summed E-state index contributed by atoms with van der Waals surface area (Å²) in [5, 5.41) is 5.47. The number of aryl methyl sites for hydroxylation is 2. The molecule has 4 rings (SSSR count). The highest BCUT2D eigenvalue weighted by atomic mass is 19.4. The molecule has 0 spiro atoms. The van der Waals surface area contributed by atoms with E-state index < -0.39 is 17.6 Å².